The first-order valence-electron chi connectivity index (χ1n) is 24.7. The van der Waals surface area contributed by atoms with Gasteiger partial charge in [-0.1, -0.05) is 170 Å². The molecule has 4 N–H and O–H groups in total. The van der Waals surface area contributed by atoms with Crippen LogP contribution in [0.1, 0.15) is 181 Å². The van der Waals surface area contributed by atoms with Crippen LogP contribution < -0.4 is 0 Å². The van der Waals surface area contributed by atoms with E-state index >= 15 is 0 Å². The van der Waals surface area contributed by atoms with Gasteiger partial charge in [0.25, 0.3) is 0 Å². The van der Waals surface area contributed by atoms with E-state index in [0.717, 1.165) is 64.2 Å². The number of carbonyl (C=O) groups is 1. The van der Waals surface area contributed by atoms with E-state index in [9.17, 15) is 33.1 Å². The molecule has 1 saturated heterocycles. The van der Waals surface area contributed by atoms with Gasteiger partial charge in [-0.15, -0.1) is 0 Å². The van der Waals surface area contributed by atoms with E-state index in [2.05, 4.69) is 90.9 Å². The molecular formula is C51H88O12S. The molecule has 0 aromatic rings. The van der Waals surface area contributed by atoms with Gasteiger partial charge in [0, 0.05) is 13.0 Å². The third-order valence-electron chi connectivity index (χ3n) is 10.8. The second-order valence-corrected chi connectivity index (χ2v) is 17.7. The van der Waals surface area contributed by atoms with Gasteiger partial charge in [0.05, 0.1) is 19.8 Å². The number of allylic oxidation sites excluding steroid dienone is 12. The maximum atomic E-state index is 12.9. The number of aliphatic hydroxyl groups is 3. The van der Waals surface area contributed by atoms with E-state index in [4.69, 9.17) is 18.9 Å². The van der Waals surface area contributed by atoms with Crippen LogP contribution in [0.25, 0.3) is 0 Å². The summed E-state index contributed by atoms with van der Waals surface area (Å²) in [5.41, 5.74) is 0. The molecule has 1 aliphatic rings. The van der Waals surface area contributed by atoms with E-state index in [1.54, 1.807) is 0 Å². The molecule has 1 heterocycles. The fourth-order valence-corrected chi connectivity index (χ4v) is 7.63. The Labute approximate surface area is 388 Å². The molecule has 1 fully saturated rings. The van der Waals surface area contributed by atoms with Crippen molar-refractivity contribution in [1.82, 2.24) is 0 Å². The molecule has 1 aliphatic heterocycles. The van der Waals surface area contributed by atoms with Crippen molar-refractivity contribution < 1.29 is 56.2 Å². The molecule has 1 rings (SSSR count). The minimum absolute atomic E-state index is 0.00593. The van der Waals surface area contributed by atoms with Crippen molar-refractivity contribution in [3.8, 4) is 0 Å². The van der Waals surface area contributed by atoms with Gasteiger partial charge < -0.3 is 34.3 Å². The number of rotatable bonds is 42. The molecule has 370 valence electrons. The molecule has 6 unspecified atom stereocenters. The number of ether oxygens (including phenoxy) is 4. The van der Waals surface area contributed by atoms with Crippen molar-refractivity contribution in [3.63, 3.8) is 0 Å². The van der Waals surface area contributed by atoms with E-state index in [1.807, 2.05) is 0 Å². The highest BCUT2D eigenvalue weighted by Crippen LogP contribution is 2.26. The van der Waals surface area contributed by atoms with Crippen LogP contribution in [-0.2, 0) is 38.3 Å². The molecule has 0 amide bonds. The van der Waals surface area contributed by atoms with Gasteiger partial charge in [-0.2, -0.15) is 8.42 Å². The lowest BCUT2D eigenvalue weighted by Gasteiger charge is -2.41. The zero-order valence-electron chi connectivity index (χ0n) is 39.6. The predicted molar refractivity (Wildman–Crippen MR) is 257 cm³/mol. The molecule has 0 aromatic carbocycles. The van der Waals surface area contributed by atoms with Crippen LogP contribution in [0.4, 0.5) is 0 Å². The van der Waals surface area contributed by atoms with E-state index in [1.165, 1.54) is 89.9 Å². The summed E-state index contributed by atoms with van der Waals surface area (Å²) < 4.78 is 59.1. The molecule has 0 spiro atoms. The van der Waals surface area contributed by atoms with Crippen molar-refractivity contribution in [2.24, 2.45) is 0 Å². The largest absolute Gasteiger partial charge is 0.457 e. The highest BCUT2D eigenvalue weighted by atomic mass is 32.3. The van der Waals surface area contributed by atoms with Crippen molar-refractivity contribution >= 4 is 16.4 Å². The normalized spacial score (nSPS) is 20.4. The Kier molecular flexibility index (Phi) is 39.0. The number of hydrogen-bond acceptors (Lipinski definition) is 11. The highest BCUT2D eigenvalue weighted by Gasteiger charge is 2.48. The van der Waals surface area contributed by atoms with Gasteiger partial charge in [0.15, 0.2) is 6.29 Å². The number of esters is 1. The summed E-state index contributed by atoms with van der Waals surface area (Å²) in [6.07, 6.45) is 45.2. The van der Waals surface area contributed by atoms with Crippen molar-refractivity contribution in [2.75, 3.05) is 26.4 Å². The highest BCUT2D eigenvalue weighted by molar-refractivity contribution is 7.80. The van der Waals surface area contributed by atoms with Crippen LogP contribution in [0.5, 0.6) is 0 Å². The van der Waals surface area contributed by atoms with Crippen molar-refractivity contribution in [2.45, 2.75) is 218 Å². The molecule has 0 radical (unpaired) electrons. The molecule has 0 saturated carbocycles. The van der Waals surface area contributed by atoms with Crippen molar-refractivity contribution in [1.29, 1.82) is 0 Å². The number of hydrogen-bond donors (Lipinski definition) is 4. The number of carbonyl (C=O) groups excluding carboxylic acids is 1. The summed E-state index contributed by atoms with van der Waals surface area (Å²) in [6, 6.07) is 0. The standard InChI is InChI=1S/C51H88O12S/c1-3-5-7-9-11-13-15-17-19-20-21-22-23-24-25-26-27-28-30-32-34-36-38-40-47(53)61-45(43-59-41-39-37-35-33-31-29-18-16-14-12-10-8-6-4-2)44-60-51-49(55)50(63-64(56,57)58)48(54)46(42-52)62-51/h6,8,12,14-15,17-18,20-21,29,33,35,45-46,48-52,54-55H,3-5,7,9-11,13,16,19,22-28,30-32,34,36-44H2,1-2H3,(H,56,57,58)/b8-6-,14-12-,17-15-,21-20-,29-18-,35-33-. The Morgan fingerprint density at radius 1 is 0.609 bits per heavy atom. The minimum atomic E-state index is -5.07. The molecule has 0 bridgehead atoms. The smallest absolute Gasteiger partial charge is 0.397 e. The van der Waals surface area contributed by atoms with E-state index in [0.29, 0.717) is 13.0 Å². The molecule has 6 atom stereocenters. The molecule has 64 heavy (non-hydrogen) atoms. The summed E-state index contributed by atoms with van der Waals surface area (Å²) in [5, 5.41) is 30.7. The van der Waals surface area contributed by atoms with Gasteiger partial charge in [0.2, 0.25) is 0 Å². The van der Waals surface area contributed by atoms with Gasteiger partial charge in [-0.25, -0.2) is 4.18 Å². The first-order chi connectivity index (χ1) is 31.1. The summed E-state index contributed by atoms with van der Waals surface area (Å²) in [5.74, 6) is -0.422. The summed E-state index contributed by atoms with van der Waals surface area (Å²) in [6.45, 7) is 3.71. The topological polar surface area (TPSA) is 178 Å². The van der Waals surface area contributed by atoms with Gasteiger partial charge in [0.1, 0.15) is 30.5 Å². The minimum Gasteiger partial charge on any atom is -0.457 e. The van der Waals surface area contributed by atoms with Crippen LogP contribution in [0.2, 0.25) is 0 Å². The van der Waals surface area contributed by atoms with Crippen LogP contribution in [0.3, 0.4) is 0 Å². The fourth-order valence-electron chi connectivity index (χ4n) is 7.12. The molecular weight excluding hydrogens is 837 g/mol. The van der Waals surface area contributed by atoms with Crippen molar-refractivity contribution in [3.05, 3.63) is 72.9 Å². The number of unbranched alkanes of at least 4 members (excludes halogenated alkanes) is 17. The average molecular weight is 925 g/mol. The first kappa shape index (κ1) is 59.6. The third-order valence-corrected chi connectivity index (χ3v) is 11.3. The molecule has 13 heteroatoms. The monoisotopic (exact) mass is 925 g/mol. The zero-order valence-corrected chi connectivity index (χ0v) is 40.4. The maximum Gasteiger partial charge on any atom is 0.397 e. The fraction of sp³-hybridized carbons (Fsp3) is 0.745. The lowest BCUT2D eigenvalue weighted by molar-refractivity contribution is -0.301. The molecule has 0 aromatic heterocycles. The Morgan fingerprint density at radius 2 is 1.08 bits per heavy atom. The average Bonchev–Trinajstić information content (AvgIpc) is 3.27. The second-order valence-electron chi connectivity index (χ2n) is 16.7. The van der Waals surface area contributed by atoms with E-state index in [-0.39, 0.29) is 19.6 Å². The Hall–Kier alpha value is -2.46. The lowest BCUT2D eigenvalue weighted by atomic mass is 9.99. The van der Waals surface area contributed by atoms with E-state index < -0.39 is 59.8 Å². The van der Waals surface area contributed by atoms with Gasteiger partial charge >= 0.3 is 16.4 Å². The number of aliphatic hydroxyl groups excluding tert-OH is 3. The first-order valence-corrected chi connectivity index (χ1v) is 26.1. The predicted octanol–water partition coefficient (Wildman–Crippen LogP) is 11.1. The van der Waals surface area contributed by atoms with Crippen LogP contribution in [-0.4, -0.2) is 97.5 Å². The summed E-state index contributed by atoms with van der Waals surface area (Å²) in [4.78, 5) is 12.9. The Morgan fingerprint density at radius 3 is 1.58 bits per heavy atom. The molecule has 0 aliphatic carbocycles. The van der Waals surface area contributed by atoms with Gasteiger partial charge in [-0.3, -0.25) is 9.35 Å². The SMILES string of the molecule is CC/C=C\C/C=C\C/C=C\C/C=C\CCCOCC(COC1OC(CO)C(O)C(OS(=O)(=O)O)C1O)OC(=O)CCCCCCCCCCCCC/C=C\C/C=C\CCCCCCC. The maximum absolute atomic E-state index is 12.9. The Bertz CT molecular complexity index is 1390. The zero-order chi connectivity index (χ0) is 46.8. The lowest BCUT2D eigenvalue weighted by Crippen LogP contribution is -2.60. The third kappa shape index (κ3) is 34.8. The van der Waals surface area contributed by atoms with Crippen LogP contribution in [0, 0.1) is 0 Å². The van der Waals surface area contributed by atoms with Gasteiger partial charge in [-0.05, 0) is 77.0 Å². The van der Waals surface area contributed by atoms with Crippen LogP contribution >= 0.6 is 0 Å². The summed E-state index contributed by atoms with van der Waals surface area (Å²) >= 11 is 0. The Balaban J connectivity index is 2.38. The summed E-state index contributed by atoms with van der Waals surface area (Å²) in [7, 11) is -5.07. The quantitative estimate of drug-likeness (QED) is 0.0197. The molecule has 12 nitrogen and oxygen atoms in total. The van der Waals surface area contributed by atoms with Crippen LogP contribution in [0.15, 0.2) is 72.9 Å². The second kappa shape index (κ2) is 41.9.